The molecule has 18 heteroatoms. The minimum absolute atomic E-state index is 0. The number of hydrogen-bond acceptors (Lipinski definition) is 3. The molecule has 202 valence electrons. The molecule has 3 aromatic carbocycles. The lowest BCUT2D eigenvalue weighted by Crippen LogP contribution is -2.28. The van der Waals surface area contributed by atoms with E-state index in [2.05, 4.69) is 4.18 Å². The van der Waals surface area contributed by atoms with Gasteiger partial charge in [0.25, 0.3) is 0 Å². The van der Waals surface area contributed by atoms with Crippen LogP contribution in [0.1, 0.15) is 0 Å². The Bertz CT molecular complexity index is 1460. The zero-order chi connectivity index (χ0) is 27.5. The summed E-state index contributed by atoms with van der Waals surface area (Å²) in [6.45, 7) is 0. The molecule has 0 atom stereocenters. The van der Waals surface area contributed by atoms with E-state index in [1.807, 2.05) is 0 Å². The van der Waals surface area contributed by atoms with E-state index in [9.17, 15) is 65.5 Å². The largest absolute Gasteiger partial charge is 0.534 e. The average Bonchev–Trinajstić information content (AvgIpc) is 2.79. The van der Waals surface area contributed by atoms with Crippen LogP contribution in [0, 0.1) is 58.2 Å². The number of hydrogen-bond donors (Lipinski definition) is 0. The molecule has 0 N–H and O–H groups in total. The fourth-order valence-corrected chi connectivity index (χ4v) is 3.37. The van der Waals surface area contributed by atoms with E-state index in [0.717, 1.165) is 0 Å². The first-order valence-electron chi connectivity index (χ1n) is 8.61. The molecule has 0 amide bonds. The smallest absolute Gasteiger partial charge is 0.375 e. The van der Waals surface area contributed by atoms with Crippen molar-refractivity contribution in [1.82, 2.24) is 0 Å². The van der Waals surface area contributed by atoms with Gasteiger partial charge < -0.3 is 4.18 Å². The molecule has 0 fully saturated rings. The fourth-order valence-electron chi connectivity index (χ4n) is 2.90. The zero-order valence-corrected chi connectivity index (χ0v) is 18.6. The summed E-state index contributed by atoms with van der Waals surface area (Å²) >= 11 is 0. The molecule has 3 nitrogen and oxygen atoms in total. The van der Waals surface area contributed by atoms with Gasteiger partial charge in [0, 0.05) is 5.56 Å². The van der Waals surface area contributed by atoms with Gasteiger partial charge in [0.05, 0.1) is 11.1 Å². The first kappa shape index (κ1) is 30.1. The highest BCUT2D eigenvalue weighted by Gasteiger charge is 2.49. The Kier molecular flexibility index (Phi) is 8.09. The Morgan fingerprint density at radius 2 is 0.892 bits per heavy atom. The fraction of sp³-hybridized carbons (Fsp3) is 0.0526. The summed E-state index contributed by atoms with van der Waals surface area (Å²) in [5, 5.41) is 0. The van der Waals surface area contributed by atoms with E-state index in [1.54, 1.807) is 0 Å². The topological polar surface area (TPSA) is 43.4 Å². The molecule has 0 bridgehead atoms. The van der Waals surface area contributed by atoms with Gasteiger partial charge in [0.1, 0.15) is 0 Å². The highest BCUT2D eigenvalue weighted by atomic mass is 32.2. The minimum atomic E-state index is -6.78. The monoisotopic (exact) mass is 592 g/mol. The lowest BCUT2D eigenvalue weighted by Gasteiger charge is -2.19. The Balaban J connectivity index is 0.00000481. The summed E-state index contributed by atoms with van der Waals surface area (Å²) in [6.07, 6.45) is 0. The quantitative estimate of drug-likeness (QED) is 0.111. The molecule has 0 aromatic heterocycles. The first-order chi connectivity index (χ1) is 16.4. The molecular formula is C19H5F13O3S2. The van der Waals surface area contributed by atoms with Crippen LogP contribution in [-0.4, -0.2) is 13.9 Å². The van der Waals surface area contributed by atoms with Gasteiger partial charge in [-0.25, -0.2) is 43.9 Å². The van der Waals surface area contributed by atoms with Gasteiger partial charge in [-0.05, 0) is 11.6 Å². The third kappa shape index (κ3) is 4.78. The molecule has 0 radical (unpaired) electrons. The van der Waals surface area contributed by atoms with Crippen LogP contribution in [0.25, 0.3) is 22.3 Å². The van der Waals surface area contributed by atoms with Crippen molar-refractivity contribution < 1.29 is 69.7 Å². The van der Waals surface area contributed by atoms with Crippen molar-refractivity contribution in [2.75, 3.05) is 0 Å². The Hall–Kier alpha value is -3.15. The molecule has 0 spiro atoms. The van der Waals surface area contributed by atoms with E-state index >= 15 is 0 Å². The van der Waals surface area contributed by atoms with Crippen LogP contribution in [-0.2, 0) is 10.1 Å². The molecule has 3 rings (SSSR count). The maximum absolute atomic E-state index is 14.5. The van der Waals surface area contributed by atoms with E-state index in [0.29, 0.717) is 6.07 Å². The number of benzene rings is 3. The molecule has 3 aromatic rings. The molecular weight excluding hydrogens is 587 g/mol. The van der Waals surface area contributed by atoms with Crippen LogP contribution >= 0.6 is 13.5 Å². The predicted molar refractivity (Wildman–Crippen MR) is 103 cm³/mol. The van der Waals surface area contributed by atoms with Crippen LogP contribution < -0.4 is 4.18 Å². The van der Waals surface area contributed by atoms with Gasteiger partial charge in [-0.3, -0.25) is 0 Å². The average molecular weight is 592 g/mol. The summed E-state index contributed by atoms with van der Waals surface area (Å²) in [4.78, 5) is 0. The summed E-state index contributed by atoms with van der Waals surface area (Å²) < 4.78 is 205. The van der Waals surface area contributed by atoms with Crippen LogP contribution in [0.15, 0.2) is 18.2 Å². The number of rotatable bonds is 4. The molecule has 0 aliphatic heterocycles. The molecule has 0 saturated carbocycles. The van der Waals surface area contributed by atoms with Crippen molar-refractivity contribution in [1.29, 1.82) is 0 Å². The van der Waals surface area contributed by atoms with E-state index in [1.165, 1.54) is 0 Å². The van der Waals surface area contributed by atoms with E-state index in [4.69, 9.17) is 0 Å². The molecule has 0 aliphatic carbocycles. The second-order valence-electron chi connectivity index (χ2n) is 6.55. The lowest BCUT2D eigenvalue weighted by atomic mass is 9.91. The van der Waals surface area contributed by atoms with Crippen LogP contribution in [0.4, 0.5) is 57.1 Å². The first-order valence-corrected chi connectivity index (χ1v) is 10.0. The molecule has 37 heavy (non-hydrogen) atoms. The van der Waals surface area contributed by atoms with E-state index in [-0.39, 0.29) is 25.6 Å². The van der Waals surface area contributed by atoms with Crippen molar-refractivity contribution in [3.8, 4) is 28.0 Å². The van der Waals surface area contributed by atoms with Gasteiger partial charge in [-0.15, -0.1) is 0 Å². The Morgan fingerprint density at radius 3 is 1.27 bits per heavy atom. The van der Waals surface area contributed by atoms with Gasteiger partial charge in [-0.1, -0.05) is 12.1 Å². The Labute approximate surface area is 203 Å². The van der Waals surface area contributed by atoms with Gasteiger partial charge in [0.2, 0.25) is 11.6 Å². The van der Waals surface area contributed by atoms with E-state index < -0.39 is 102 Å². The van der Waals surface area contributed by atoms with Gasteiger partial charge >= 0.3 is 15.6 Å². The third-order valence-corrected chi connectivity index (χ3v) is 5.41. The molecule has 0 unspecified atom stereocenters. The van der Waals surface area contributed by atoms with Crippen LogP contribution in [0.3, 0.4) is 0 Å². The van der Waals surface area contributed by atoms with Crippen LogP contribution in [0.5, 0.6) is 5.75 Å². The third-order valence-electron chi connectivity index (χ3n) is 4.45. The lowest BCUT2D eigenvalue weighted by molar-refractivity contribution is -0.0499. The maximum Gasteiger partial charge on any atom is 0.534 e. The standard InChI is InChI=1S/C19H3F13O3S.H2S/c20-9-7(10(21)14(25)17(28)13(9)24)4-2-1-3-5(35-36(33,34)19(30,31)32)6(4)8-11(22)15(26)18(29)16(27)12(8)23;/h1-3H;1H2. The summed E-state index contributed by atoms with van der Waals surface area (Å²) in [5.41, 5.74) is -14.4. The predicted octanol–water partition coefficient (Wildman–Crippen LogP) is 6.75. The molecule has 0 heterocycles. The van der Waals surface area contributed by atoms with Gasteiger partial charge in [0.15, 0.2) is 52.3 Å². The van der Waals surface area contributed by atoms with Gasteiger partial charge in [-0.2, -0.15) is 35.1 Å². The van der Waals surface area contributed by atoms with Crippen molar-refractivity contribution in [3.63, 3.8) is 0 Å². The van der Waals surface area contributed by atoms with Crippen LogP contribution in [0.2, 0.25) is 0 Å². The number of halogens is 13. The summed E-state index contributed by atoms with van der Waals surface area (Å²) in [5.74, 6) is -29.7. The maximum atomic E-state index is 14.5. The Morgan fingerprint density at radius 1 is 0.541 bits per heavy atom. The number of alkyl halides is 3. The second-order valence-corrected chi connectivity index (χ2v) is 8.09. The zero-order valence-electron chi connectivity index (χ0n) is 16.8. The summed E-state index contributed by atoms with van der Waals surface area (Å²) in [7, 11) is -6.78. The van der Waals surface area contributed by atoms with Crippen molar-refractivity contribution in [2.45, 2.75) is 5.51 Å². The van der Waals surface area contributed by atoms with Crippen molar-refractivity contribution in [2.24, 2.45) is 0 Å². The normalized spacial score (nSPS) is 11.9. The molecule has 0 saturated heterocycles. The highest BCUT2D eigenvalue weighted by Crippen LogP contribution is 2.46. The molecule has 0 aliphatic rings. The van der Waals surface area contributed by atoms with Crippen molar-refractivity contribution in [3.05, 3.63) is 76.4 Å². The minimum Gasteiger partial charge on any atom is -0.375 e. The highest BCUT2D eigenvalue weighted by molar-refractivity contribution is 7.88. The van der Waals surface area contributed by atoms with Crippen molar-refractivity contribution >= 4 is 23.6 Å². The summed E-state index contributed by atoms with van der Waals surface area (Å²) in [6, 6.07) is 0.703. The SMILES string of the molecule is O=S(=O)(Oc1cccc(-c2c(F)c(F)c(F)c(F)c2F)c1-c1c(F)c(F)c(F)c(F)c1F)C(F)(F)F.S. The second kappa shape index (κ2) is 9.96.